The van der Waals surface area contributed by atoms with E-state index < -0.39 is 5.54 Å². The Bertz CT molecular complexity index is 199. The molecule has 0 bridgehead atoms. The number of hydrazone groups is 1. The Kier molecular flexibility index (Phi) is 1.60. The van der Waals surface area contributed by atoms with E-state index in [0.717, 1.165) is 11.8 Å². The first-order valence-electron chi connectivity index (χ1n) is 2.85. The molecule has 0 aromatic heterocycles. The van der Waals surface area contributed by atoms with Gasteiger partial charge in [-0.05, 0) is 25.6 Å². The SMILES string of the molecule is CC1(C)NN=C(N)SC1=O. The van der Waals surface area contributed by atoms with Crippen molar-refractivity contribution in [3.05, 3.63) is 0 Å². The van der Waals surface area contributed by atoms with Crippen molar-refractivity contribution in [3.63, 3.8) is 0 Å². The van der Waals surface area contributed by atoms with Crippen molar-refractivity contribution in [2.45, 2.75) is 19.4 Å². The number of nitrogens with one attached hydrogen (secondary N) is 1. The molecule has 1 aliphatic heterocycles. The molecule has 0 aromatic carbocycles. The van der Waals surface area contributed by atoms with Crippen molar-refractivity contribution in [2.75, 3.05) is 0 Å². The number of carbonyl (C=O) groups is 1. The topological polar surface area (TPSA) is 67.5 Å². The zero-order valence-electron chi connectivity index (χ0n) is 5.84. The van der Waals surface area contributed by atoms with Crippen molar-refractivity contribution in [1.82, 2.24) is 5.43 Å². The van der Waals surface area contributed by atoms with Crippen LogP contribution in [-0.2, 0) is 4.79 Å². The lowest BCUT2D eigenvalue weighted by atomic mass is 10.1. The molecule has 0 atom stereocenters. The fourth-order valence-corrected chi connectivity index (χ4v) is 1.07. The molecule has 5 heteroatoms. The van der Waals surface area contributed by atoms with Gasteiger partial charge in [-0.25, -0.2) is 0 Å². The summed E-state index contributed by atoms with van der Waals surface area (Å²) in [5, 5.41) is 4.00. The van der Waals surface area contributed by atoms with Gasteiger partial charge in [-0.15, -0.1) is 0 Å². The van der Waals surface area contributed by atoms with Crippen LogP contribution in [-0.4, -0.2) is 15.8 Å². The van der Waals surface area contributed by atoms with Crippen molar-refractivity contribution < 1.29 is 4.79 Å². The molecule has 0 saturated heterocycles. The lowest BCUT2D eigenvalue weighted by Gasteiger charge is -2.25. The molecule has 56 valence electrons. The van der Waals surface area contributed by atoms with Gasteiger partial charge in [0.15, 0.2) is 5.17 Å². The lowest BCUT2D eigenvalue weighted by Crippen LogP contribution is -2.47. The van der Waals surface area contributed by atoms with E-state index in [-0.39, 0.29) is 10.3 Å². The van der Waals surface area contributed by atoms with Crippen LogP contribution in [0, 0.1) is 0 Å². The first kappa shape index (κ1) is 7.40. The van der Waals surface area contributed by atoms with Gasteiger partial charge in [0.25, 0.3) is 0 Å². The second-order valence-corrected chi connectivity index (χ2v) is 3.57. The minimum atomic E-state index is -0.576. The van der Waals surface area contributed by atoms with E-state index in [1.807, 2.05) is 0 Å². The smallest absolute Gasteiger partial charge is 0.222 e. The third-order valence-corrected chi connectivity index (χ3v) is 2.15. The van der Waals surface area contributed by atoms with Crippen molar-refractivity contribution >= 4 is 22.0 Å². The van der Waals surface area contributed by atoms with E-state index in [4.69, 9.17) is 5.73 Å². The van der Waals surface area contributed by atoms with Gasteiger partial charge >= 0.3 is 0 Å². The van der Waals surface area contributed by atoms with E-state index in [9.17, 15) is 4.79 Å². The van der Waals surface area contributed by atoms with Crippen LogP contribution in [0.4, 0.5) is 0 Å². The Labute approximate surface area is 63.2 Å². The van der Waals surface area contributed by atoms with E-state index >= 15 is 0 Å². The maximum absolute atomic E-state index is 11.1. The van der Waals surface area contributed by atoms with Gasteiger partial charge < -0.3 is 5.73 Å². The highest BCUT2D eigenvalue weighted by atomic mass is 32.2. The fraction of sp³-hybridized carbons (Fsp3) is 0.600. The van der Waals surface area contributed by atoms with Gasteiger partial charge in [-0.1, -0.05) is 0 Å². The molecule has 1 rings (SSSR count). The Morgan fingerprint density at radius 3 is 2.70 bits per heavy atom. The van der Waals surface area contributed by atoms with Crippen molar-refractivity contribution in [3.8, 4) is 0 Å². The largest absolute Gasteiger partial charge is 0.377 e. The Balaban J connectivity index is 2.80. The summed E-state index contributed by atoms with van der Waals surface area (Å²) in [5.74, 6) is 0. The van der Waals surface area contributed by atoms with Gasteiger partial charge in [0, 0.05) is 0 Å². The van der Waals surface area contributed by atoms with Gasteiger partial charge in [-0.2, -0.15) is 5.10 Å². The van der Waals surface area contributed by atoms with Crippen LogP contribution in [0.5, 0.6) is 0 Å². The van der Waals surface area contributed by atoms with E-state index in [2.05, 4.69) is 10.5 Å². The molecular weight excluding hydrogens is 150 g/mol. The third-order valence-electron chi connectivity index (χ3n) is 1.15. The van der Waals surface area contributed by atoms with Crippen LogP contribution in [0.25, 0.3) is 0 Å². The first-order valence-corrected chi connectivity index (χ1v) is 3.66. The molecule has 4 nitrogen and oxygen atoms in total. The van der Waals surface area contributed by atoms with E-state index in [0.29, 0.717) is 0 Å². The second-order valence-electron chi connectivity index (χ2n) is 2.58. The summed E-state index contributed by atoms with van der Waals surface area (Å²) < 4.78 is 0. The molecule has 0 aromatic rings. The quantitative estimate of drug-likeness (QED) is 0.516. The average Bonchev–Trinajstić information content (AvgIpc) is 1.81. The summed E-state index contributed by atoms with van der Waals surface area (Å²) in [6.07, 6.45) is 0. The number of hydrogen-bond donors (Lipinski definition) is 2. The summed E-state index contributed by atoms with van der Waals surface area (Å²) in [6, 6.07) is 0. The highest BCUT2D eigenvalue weighted by Crippen LogP contribution is 2.18. The van der Waals surface area contributed by atoms with Gasteiger partial charge in [-0.3, -0.25) is 10.2 Å². The number of hydrogen-bond acceptors (Lipinski definition) is 5. The molecule has 0 spiro atoms. The van der Waals surface area contributed by atoms with Crippen LogP contribution in [0.15, 0.2) is 5.10 Å². The molecule has 1 heterocycles. The molecule has 1 aliphatic rings. The van der Waals surface area contributed by atoms with Gasteiger partial charge in [0.1, 0.15) is 5.54 Å². The molecule has 0 unspecified atom stereocenters. The molecule has 0 radical (unpaired) electrons. The van der Waals surface area contributed by atoms with Crippen LogP contribution >= 0.6 is 11.8 Å². The normalized spacial score (nSPS) is 23.4. The molecule has 0 fully saturated rings. The highest BCUT2D eigenvalue weighted by molar-refractivity contribution is 8.26. The summed E-state index contributed by atoms with van der Waals surface area (Å²) in [6.45, 7) is 3.52. The monoisotopic (exact) mass is 159 g/mol. The number of nitrogens with two attached hydrogens (primary N) is 1. The summed E-state index contributed by atoms with van der Waals surface area (Å²) in [4.78, 5) is 11.1. The van der Waals surface area contributed by atoms with E-state index in [1.165, 1.54) is 0 Å². The predicted octanol–water partition coefficient (Wildman–Crippen LogP) is -0.142. The molecule has 0 aliphatic carbocycles. The number of thioether (sulfide) groups is 1. The third kappa shape index (κ3) is 1.23. The van der Waals surface area contributed by atoms with Crippen LogP contribution in [0.1, 0.15) is 13.8 Å². The van der Waals surface area contributed by atoms with Crippen molar-refractivity contribution in [1.29, 1.82) is 0 Å². The van der Waals surface area contributed by atoms with Crippen LogP contribution in [0.3, 0.4) is 0 Å². The standard InChI is InChI=1S/C5H9N3OS/c1-5(2)3(9)10-4(6)7-8-5/h8H,1-2H3,(H2,6,7). The number of carbonyl (C=O) groups excluding carboxylic acids is 1. The predicted molar refractivity (Wildman–Crippen MR) is 41.4 cm³/mol. The molecule has 0 amide bonds. The Hall–Kier alpha value is -0.710. The molecule has 0 saturated carbocycles. The fourth-order valence-electron chi connectivity index (χ4n) is 0.486. The molecular formula is C5H9N3OS. The van der Waals surface area contributed by atoms with Crippen LogP contribution in [0.2, 0.25) is 0 Å². The summed E-state index contributed by atoms with van der Waals surface area (Å²) in [7, 11) is 0. The van der Waals surface area contributed by atoms with Crippen molar-refractivity contribution in [2.24, 2.45) is 10.8 Å². The lowest BCUT2D eigenvalue weighted by molar-refractivity contribution is -0.115. The summed E-state index contributed by atoms with van der Waals surface area (Å²) >= 11 is 0.975. The Morgan fingerprint density at radius 1 is 1.70 bits per heavy atom. The van der Waals surface area contributed by atoms with Crippen LogP contribution < -0.4 is 11.2 Å². The molecule has 3 N–H and O–H groups in total. The summed E-state index contributed by atoms with van der Waals surface area (Å²) in [5.41, 5.74) is 7.35. The first-order chi connectivity index (χ1) is 4.52. The number of amidine groups is 1. The zero-order valence-corrected chi connectivity index (χ0v) is 6.66. The minimum Gasteiger partial charge on any atom is -0.377 e. The second kappa shape index (κ2) is 2.16. The zero-order chi connectivity index (χ0) is 7.78. The maximum atomic E-state index is 11.1. The maximum Gasteiger partial charge on any atom is 0.222 e. The highest BCUT2D eigenvalue weighted by Gasteiger charge is 2.31. The number of rotatable bonds is 0. The van der Waals surface area contributed by atoms with Gasteiger partial charge in [0.2, 0.25) is 5.12 Å². The van der Waals surface area contributed by atoms with E-state index in [1.54, 1.807) is 13.8 Å². The molecule has 10 heavy (non-hydrogen) atoms. The number of nitrogens with zero attached hydrogens (tertiary/aromatic N) is 1. The average molecular weight is 159 g/mol. The Morgan fingerprint density at radius 2 is 2.30 bits per heavy atom. The minimum absolute atomic E-state index is 0.000000000000000222. The van der Waals surface area contributed by atoms with Gasteiger partial charge in [0.05, 0.1) is 0 Å².